The highest BCUT2D eigenvalue weighted by molar-refractivity contribution is 5.89. The highest BCUT2D eigenvalue weighted by Crippen LogP contribution is 2.43. The van der Waals surface area contributed by atoms with Gasteiger partial charge in [0.2, 0.25) is 11.5 Å². The molecule has 0 saturated carbocycles. The summed E-state index contributed by atoms with van der Waals surface area (Å²) in [6.07, 6.45) is -8.30. The van der Waals surface area contributed by atoms with E-state index in [0.717, 1.165) is 12.1 Å². The molecule has 0 aromatic carbocycles. The fourth-order valence-electron chi connectivity index (χ4n) is 3.07. The zero-order chi connectivity index (χ0) is 30.9. The summed E-state index contributed by atoms with van der Waals surface area (Å²) in [6, 6.07) is 0.810. The molecule has 0 aliphatic rings. The number of alkyl halides is 5. The van der Waals surface area contributed by atoms with Gasteiger partial charge in [0, 0.05) is 6.42 Å². The monoisotopic (exact) mass is 578 g/mol. The Hall–Kier alpha value is -3.55. The van der Waals surface area contributed by atoms with Crippen molar-refractivity contribution < 1.29 is 45.7 Å². The van der Waals surface area contributed by atoms with E-state index in [4.69, 9.17) is 13.9 Å². The van der Waals surface area contributed by atoms with Gasteiger partial charge in [-0.25, -0.2) is 18.6 Å². The summed E-state index contributed by atoms with van der Waals surface area (Å²) in [5.41, 5.74) is -6.17. The highest BCUT2D eigenvalue weighted by Gasteiger charge is 2.58. The third kappa shape index (κ3) is 9.00. The third-order valence-electron chi connectivity index (χ3n) is 4.86. The Morgan fingerprint density at radius 3 is 2.30 bits per heavy atom. The average Bonchev–Trinajstić information content (AvgIpc) is 3.33. The Morgan fingerprint density at radius 2 is 1.80 bits per heavy atom. The van der Waals surface area contributed by atoms with Crippen LogP contribution in [0.5, 0.6) is 5.88 Å². The summed E-state index contributed by atoms with van der Waals surface area (Å²) >= 11 is 0. The topological polar surface area (TPSA) is 120 Å². The zero-order valence-electron chi connectivity index (χ0n) is 23.2. The molecule has 0 radical (unpaired) electrons. The molecule has 2 N–H and O–H groups in total. The third-order valence-corrected chi connectivity index (χ3v) is 4.86. The van der Waals surface area contributed by atoms with Gasteiger partial charge in [0.15, 0.2) is 5.69 Å². The lowest BCUT2D eigenvalue weighted by molar-refractivity contribution is -0.276. The minimum atomic E-state index is -5.21. The summed E-state index contributed by atoms with van der Waals surface area (Å²) in [5, 5.41) is 19.5. The van der Waals surface area contributed by atoms with Crippen LogP contribution in [0.15, 0.2) is 35.8 Å². The number of amides is 1. The van der Waals surface area contributed by atoms with Crippen LogP contribution in [-0.4, -0.2) is 44.3 Å². The molecule has 1 amide bonds. The molecule has 2 rings (SSSR count). The number of rotatable bonds is 11. The number of anilines is 1. The smallest absolute Gasteiger partial charge is 0.426 e. The van der Waals surface area contributed by atoms with Gasteiger partial charge in [0.25, 0.3) is 18.2 Å². The second-order valence-corrected chi connectivity index (χ2v) is 9.26. The van der Waals surface area contributed by atoms with Crippen LogP contribution < -0.4 is 10.1 Å². The van der Waals surface area contributed by atoms with Crippen LogP contribution in [0.25, 0.3) is 11.6 Å². The molecule has 0 saturated heterocycles. The van der Waals surface area contributed by atoms with Crippen LogP contribution in [0.2, 0.25) is 0 Å². The number of allylic oxidation sites excluding steroid dienone is 1. The predicted octanol–water partition coefficient (Wildman–Crippen LogP) is 7.50. The van der Waals surface area contributed by atoms with Gasteiger partial charge in [0.05, 0.1) is 11.3 Å². The van der Waals surface area contributed by atoms with Crippen LogP contribution in [0.3, 0.4) is 0 Å². The molecule has 1 unspecified atom stereocenters. The summed E-state index contributed by atoms with van der Waals surface area (Å²) in [7, 11) is 0. The maximum Gasteiger partial charge on any atom is 0.426 e. The first-order valence-electron chi connectivity index (χ1n) is 12.4. The van der Waals surface area contributed by atoms with E-state index >= 15 is 0 Å². The Bertz CT molecular complexity index is 1150. The minimum absolute atomic E-state index is 0.250. The molecule has 9 nitrogen and oxygen atoms in total. The van der Waals surface area contributed by atoms with E-state index in [1.54, 1.807) is 27.7 Å². The second kappa shape index (κ2) is 14.2. The van der Waals surface area contributed by atoms with Crippen molar-refractivity contribution >= 4 is 11.8 Å². The number of nitrogens with one attached hydrogen (secondary N) is 1. The van der Waals surface area contributed by atoms with Crippen LogP contribution in [0.1, 0.15) is 78.7 Å². The maximum atomic E-state index is 13.9. The SMILES string of the molecule is C=CCCC(O)(c1nnc(-c2nc(O[C@H](C)CC=C)c(C(F)F)cc2NC(=O)OC(C)(C)C)o1)C(F)(F)F.CC. The van der Waals surface area contributed by atoms with Crippen LogP contribution in [0, 0.1) is 0 Å². The van der Waals surface area contributed by atoms with Gasteiger partial charge < -0.3 is 19.0 Å². The zero-order valence-corrected chi connectivity index (χ0v) is 23.2. The molecule has 0 fully saturated rings. The lowest BCUT2D eigenvalue weighted by atomic mass is 9.97. The molecule has 0 aliphatic carbocycles. The number of aliphatic hydroxyl groups is 1. The molecule has 2 aromatic rings. The molecule has 2 aromatic heterocycles. The van der Waals surface area contributed by atoms with Crippen molar-refractivity contribution in [2.45, 2.75) is 90.7 Å². The van der Waals surface area contributed by atoms with Crippen molar-refractivity contribution in [1.82, 2.24) is 15.2 Å². The van der Waals surface area contributed by atoms with Crippen LogP contribution in [-0.2, 0) is 10.3 Å². The first-order chi connectivity index (χ1) is 18.5. The van der Waals surface area contributed by atoms with Gasteiger partial charge >= 0.3 is 12.3 Å². The number of hydrogen-bond acceptors (Lipinski definition) is 8. The number of hydrogen-bond donors (Lipinski definition) is 2. The predicted molar refractivity (Wildman–Crippen MR) is 138 cm³/mol. The molecule has 0 bridgehead atoms. The lowest BCUT2D eigenvalue weighted by Gasteiger charge is -2.26. The Balaban J connectivity index is 0.00000391. The fourth-order valence-corrected chi connectivity index (χ4v) is 3.07. The number of halogens is 5. The van der Waals surface area contributed by atoms with E-state index in [2.05, 4.69) is 33.7 Å². The average molecular weight is 579 g/mol. The Kier molecular flexibility index (Phi) is 12.2. The maximum absolute atomic E-state index is 13.9. The van der Waals surface area contributed by atoms with E-state index in [1.165, 1.54) is 6.08 Å². The van der Waals surface area contributed by atoms with E-state index in [9.17, 15) is 31.9 Å². The van der Waals surface area contributed by atoms with Crippen molar-refractivity contribution in [3.8, 4) is 17.5 Å². The van der Waals surface area contributed by atoms with Gasteiger partial charge in [-0.05, 0) is 46.6 Å². The summed E-state index contributed by atoms with van der Waals surface area (Å²) < 4.78 is 84.8. The Morgan fingerprint density at radius 1 is 1.18 bits per heavy atom. The van der Waals surface area contributed by atoms with E-state index < -0.39 is 77.0 Å². The normalized spacial score (nSPS) is 13.9. The number of pyridine rings is 1. The molecule has 40 heavy (non-hydrogen) atoms. The van der Waals surface area contributed by atoms with Crippen molar-refractivity contribution in [2.24, 2.45) is 0 Å². The largest absolute Gasteiger partial charge is 0.474 e. The van der Waals surface area contributed by atoms with E-state index in [1.807, 2.05) is 13.8 Å². The molecule has 0 aliphatic heterocycles. The van der Waals surface area contributed by atoms with E-state index in [-0.39, 0.29) is 12.8 Å². The number of ether oxygens (including phenoxy) is 2. The van der Waals surface area contributed by atoms with Gasteiger partial charge in [-0.15, -0.1) is 23.4 Å². The minimum Gasteiger partial charge on any atom is -0.474 e. The van der Waals surface area contributed by atoms with E-state index in [0.29, 0.717) is 0 Å². The van der Waals surface area contributed by atoms with Crippen LogP contribution in [0.4, 0.5) is 32.4 Å². The van der Waals surface area contributed by atoms with Crippen molar-refractivity contribution in [3.63, 3.8) is 0 Å². The lowest BCUT2D eigenvalue weighted by Crippen LogP contribution is -2.42. The first kappa shape index (κ1) is 34.5. The fraction of sp³-hybridized carbons (Fsp3) is 0.538. The second-order valence-electron chi connectivity index (χ2n) is 9.26. The van der Waals surface area contributed by atoms with Crippen molar-refractivity contribution in [3.05, 3.63) is 42.8 Å². The molecule has 224 valence electrons. The number of aromatic nitrogens is 3. The van der Waals surface area contributed by atoms with Gasteiger partial charge in [0.1, 0.15) is 11.7 Å². The van der Waals surface area contributed by atoms with Crippen molar-refractivity contribution in [1.29, 1.82) is 0 Å². The molecule has 2 heterocycles. The van der Waals surface area contributed by atoms with Gasteiger partial charge in [-0.3, -0.25) is 5.32 Å². The highest BCUT2D eigenvalue weighted by atomic mass is 19.4. The van der Waals surface area contributed by atoms with Gasteiger partial charge in [-0.2, -0.15) is 13.2 Å². The summed E-state index contributed by atoms with van der Waals surface area (Å²) in [6.45, 7) is 17.1. The first-order valence-corrected chi connectivity index (χ1v) is 12.4. The number of carbonyl (C=O) groups is 1. The molecular formula is C26H35F5N4O5. The van der Waals surface area contributed by atoms with Crippen molar-refractivity contribution in [2.75, 3.05) is 5.32 Å². The summed E-state index contributed by atoms with van der Waals surface area (Å²) in [5.74, 6) is -2.52. The molecule has 14 heteroatoms. The molecule has 2 atom stereocenters. The number of carbonyl (C=O) groups excluding carboxylic acids is 1. The molecular weight excluding hydrogens is 543 g/mol. The molecule has 0 spiro atoms. The van der Waals surface area contributed by atoms with Crippen LogP contribution >= 0.6 is 0 Å². The summed E-state index contributed by atoms with van der Waals surface area (Å²) in [4.78, 5) is 16.4. The number of nitrogens with zero attached hydrogens (tertiary/aromatic N) is 3. The van der Waals surface area contributed by atoms with Gasteiger partial charge in [-0.1, -0.05) is 26.0 Å². The standard InChI is InChI=1S/C24H29F5N4O5.C2H6/c1-7-9-11-23(35,24(27,28)29)20-33-32-19(37-20)16-15(30-21(34)38-22(4,5)6)12-14(17(25)26)18(31-16)36-13(3)10-8-2;1-2/h7-8,12-13,17,35H,1-2,9-11H2,3-6H3,(H,30,34);1-2H3/t13-,23?;/m1./s1. The quantitative estimate of drug-likeness (QED) is 0.208. The Labute approximate surface area is 229 Å².